The molecule has 5 rings (SSSR count). The van der Waals surface area contributed by atoms with E-state index in [1.165, 1.54) is 6.07 Å². The second kappa shape index (κ2) is 6.48. The maximum Gasteiger partial charge on any atom is 0.312 e. The Balaban J connectivity index is 1.90. The molecule has 150 valence electrons. The summed E-state index contributed by atoms with van der Waals surface area (Å²) < 4.78 is 12.9. The van der Waals surface area contributed by atoms with Crippen LogP contribution in [-0.4, -0.2) is 26.0 Å². The Morgan fingerprint density at radius 2 is 1.87 bits per heavy atom. The number of benzene rings is 2. The number of rotatable bonds is 2. The molecule has 3 heterocycles. The molecule has 0 aliphatic carbocycles. The lowest BCUT2D eigenvalue weighted by molar-refractivity contribution is -0.135. The number of aromatic nitrogens is 2. The second-order valence-electron chi connectivity index (χ2n) is 7.10. The van der Waals surface area contributed by atoms with E-state index in [0.717, 1.165) is 0 Å². The number of hydrogen-bond acceptors (Lipinski definition) is 7. The number of aromatic hydroxyl groups is 2. The molecule has 1 atom stereocenters. The van der Waals surface area contributed by atoms with Gasteiger partial charge in [0.2, 0.25) is 5.75 Å². The minimum Gasteiger partial charge on any atom is -0.504 e. The SMILES string of the molecule is Cn1nccc1[C@@H]1CC(=O)Oc2c(O)c(O)c3c(=O)cc(-c4ccccc4)oc3c21. The summed E-state index contributed by atoms with van der Waals surface area (Å²) in [5.74, 6) is -2.44. The summed E-state index contributed by atoms with van der Waals surface area (Å²) in [6.45, 7) is 0. The van der Waals surface area contributed by atoms with Crippen molar-refractivity contribution in [2.75, 3.05) is 0 Å². The first-order valence-corrected chi connectivity index (χ1v) is 9.25. The van der Waals surface area contributed by atoms with Crippen molar-refractivity contribution >= 4 is 16.9 Å². The minimum atomic E-state index is -0.685. The first-order chi connectivity index (χ1) is 14.5. The number of esters is 1. The van der Waals surface area contributed by atoms with Gasteiger partial charge >= 0.3 is 5.97 Å². The van der Waals surface area contributed by atoms with E-state index in [4.69, 9.17) is 9.15 Å². The normalized spacial score (nSPS) is 15.8. The second-order valence-corrected chi connectivity index (χ2v) is 7.10. The van der Waals surface area contributed by atoms with Crippen LogP contribution in [0.4, 0.5) is 0 Å². The number of phenols is 2. The molecule has 0 saturated heterocycles. The van der Waals surface area contributed by atoms with Gasteiger partial charge in [0.25, 0.3) is 0 Å². The predicted octanol–water partition coefficient (Wildman–Crippen LogP) is 3.05. The summed E-state index contributed by atoms with van der Waals surface area (Å²) in [7, 11) is 1.73. The monoisotopic (exact) mass is 404 g/mol. The number of nitrogens with zero attached hydrogens (tertiary/aromatic N) is 2. The highest BCUT2D eigenvalue weighted by Crippen LogP contribution is 2.51. The Kier molecular flexibility index (Phi) is 3.89. The number of phenolic OH excluding ortho intramolecular Hbond substituents is 2. The summed E-state index contributed by atoms with van der Waals surface area (Å²) >= 11 is 0. The van der Waals surface area contributed by atoms with E-state index in [-0.39, 0.29) is 23.1 Å². The van der Waals surface area contributed by atoms with E-state index in [2.05, 4.69) is 5.10 Å². The Labute approximate surface area is 169 Å². The average molecular weight is 404 g/mol. The van der Waals surface area contributed by atoms with Crippen LogP contribution < -0.4 is 10.2 Å². The summed E-state index contributed by atoms with van der Waals surface area (Å²) in [6.07, 6.45) is 1.55. The molecule has 0 bridgehead atoms. The van der Waals surface area contributed by atoms with Crippen LogP contribution in [0.3, 0.4) is 0 Å². The van der Waals surface area contributed by atoms with E-state index in [1.54, 1.807) is 36.1 Å². The van der Waals surface area contributed by atoms with Crippen molar-refractivity contribution in [3.63, 3.8) is 0 Å². The number of hydrogen-bond donors (Lipinski definition) is 2. The molecule has 0 spiro atoms. The molecule has 4 aromatic rings. The van der Waals surface area contributed by atoms with Crippen LogP contribution in [0.25, 0.3) is 22.3 Å². The Morgan fingerprint density at radius 1 is 1.10 bits per heavy atom. The van der Waals surface area contributed by atoms with Crippen LogP contribution in [0.2, 0.25) is 0 Å². The highest BCUT2D eigenvalue weighted by molar-refractivity contribution is 5.96. The Morgan fingerprint density at radius 3 is 2.57 bits per heavy atom. The predicted molar refractivity (Wildman–Crippen MR) is 107 cm³/mol. The lowest BCUT2D eigenvalue weighted by atomic mass is 9.87. The zero-order valence-corrected chi connectivity index (χ0v) is 15.8. The van der Waals surface area contributed by atoms with Gasteiger partial charge < -0.3 is 19.4 Å². The maximum absolute atomic E-state index is 12.9. The van der Waals surface area contributed by atoms with Gasteiger partial charge in [0.1, 0.15) is 16.7 Å². The molecule has 2 aromatic carbocycles. The number of aryl methyl sites for hydroxylation is 1. The van der Waals surface area contributed by atoms with Crippen LogP contribution in [-0.2, 0) is 11.8 Å². The molecule has 30 heavy (non-hydrogen) atoms. The third-order valence-electron chi connectivity index (χ3n) is 5.32. The molecule has 2 aromatic heterocycles. The Hall–Kier alpha value is -4.07. The van der Waals surface area contributed by atoms with Crippen molar-refractivity contribution in [2.45, 2.75) is 12.3 Å². The van der Waals surface area contributed by atoms with E-state index >= 15 is 0 Å². The Bertz CT molecular complexity index is 1370. The summed E-state index contributed by atoms with van der Waals surface area (Å²) in [5.41, 5.74) is 1.20. The van der Waals surface area contributed by atoms with Crippen LogP contribution in [0.1, 0.15) is 23.6 Å². The maximum atomic E-state index is 12.9. The first-order valence-electron chi connectivity index (χ1n) is 9.25. The minimum absolute atomic E-state index is 0.0366. The molecule has 0 amide bonds. The van der Waals surface area contributed by atoms with Gasteiger partial charge in [0.05, 0.1) is 12.0 Å². The molecular weight excluding hydrogens is 388 g/mol. The van der Waals surface area contributed by atoms with Gasteiger partial charge in [-0.3, -0.25) is 14.3 Å². The van der Waals surface area contributed by atoms with Crippen LogP contribution in [0.5, 0.6) is 17.2 Å². The van der Waals surface area contributed by atoms with Gasteiger partial charge in [0.15, 0.2) is 16.9 Å². The molecule has 8 heteroatoms. The van der Waals surface area contributed by atoms with Gasteiger partial charge in [-0.25, -0.2) is 0 Å². The molecule has 8 nitrogen and oxygen atoms in total. The van der Waals surface area contributed by atoms with Gasteiger partial charge in [-0.05, 0) is 6.07 Å². The fourth-order valence-corrected chi connectivity index (χ4v) is 3.93. The number of carbonyl (C=O) groups excluding carboxylic acids is 1. The number of ether oxygens (including phenoxy) is 1. The molecule has 0 unspecified atom stereocenters. The number of carbonyl (C=O) groups is 1. The lowest BCUT2D eigenvalue weighted by Crippen LogP contribution is -2.23. The smallest absolute Gasteiger partial charge is 0.312 e. The topological polar surface area (TPSA) is 115 Å². The van der Waals surface area contributed by atoms with Crippen molar-refractivity contribution in [3.8, 4) is 28.6 Å². The van der Waals surface area contributed by atoms with Gasteiger partial charge in [-0.15, -0.1) is 0 Å². The lowest BCUT2D eigenvalue weighted by Gasteiger charge is -2.26. The van der Waals surface area contributed by atoms with Crippen molar-refractivity contribution in [1.82, 2.24) is 9.78 Å². The van der Waals surface area contributed by atoms with Gasteiger partial charge in [-0.1, -0.05) is 30.3 Å². The van der Waals surface area contributed by atoms with Crippen LogP contribution in [0.15, 0.2) is 57.9 Å². The van der Waals surface area contributed by atoms with E-state index in [1.807, 2.05) is 18.2 Å². The zero-order valence-electron chi connectivity index (χ0n) is 15.8. The van der Waals surface area contributed by atoms with Crippen molar-refractivity contribution in [1.29, 1.82) is 0 Å². The summed E-state index contributed by atoms with van der Waals surface area (Å²) in [5, 5.41) is 25.0. The molecule has 0 fully saturated rings. The summed E-state index contributed by atoms with van der Waals surface area (Å²) in [4.78, 5) is 25.2. The molecule has 1 aliphatic heterocycles. The zero-order chi connectivity index (χ0) is 21.0. The van der Waals surface area contributed by atoms with E-state index < -0.39 is 28.8 Å². The number of fused-ring (bicyclic) bond motifs is 3. The molecule has 2 N–H and O–H groups in total. The third kappa shape index (κ3) is 2.57. The van der Waals surface area contributed by atoms with Crippen molar-refractivity contribution in [2.24, 2.45) is 7.05 Å². The molecule has 0 radical (unpaired) electrons. The average Bonchev–Trinajstić information content (AvgIpc) is 3.17. The largest absolute Gasteiger partial charge is 0.504 e. The van der Waals surface area contributed by atoms with E-state index in [9.17, 15) is 19.8 Å². The van der Waals surface area contributed by atoms with E-state index in [0.29, 0.717) is 22.6 Å². The molecule has 1 aliphatic rings. The third-order valence-corrected chi connectivity index (χ3v) is 5.32. The van der Waals surface area contributed by atoms with Crippen LogP contribution in [0, 0.1) is 0 Å². The molecule has 0 saturated carbocycles. The molecular formula is C22H16N2O6. The fraction of sp³-hybridized carbons (Fsp3) is 0.136. The van der Waals surface area contributed by atoms with Gasteiger partial charge in [0, 0.05) is 36.5 Å². The van der Waals surface area contributed by atoms with Crippen molar-refractivity contribution in [3.05, 3.63) is 70.1 Å². The van der Waals surface area contributed by atoms with Crippen molar-refractivity contribution < 1.29 is 24.2 Å². The van der Waals surface area contributed by atoms with Gasteiger partial charge in [-0.2, -0.15) is 5.10 Å². The highest BCUT2D eigenvalue weighted by Gasteiger charge is 2.37. The fourth-order valence-electron chi connectivity index (χ4n) is 3.93. The van der Waals surface area contributed by atoms with Crippen LogP contribution >= 0.6 is 0 Å². The first kappa shape index (κ1) is 18.0. The summed E-state index contributed by atoms with van der Waals surface area (Å²) in [6, 6.07) is 12.0. The standard InChI is InChI=1S/C22H16N2O6/c1-24-13(7-8-23-24)12-9-16(26)30-22-17(12)21-18(19(27)20(22)28)14(25)10-15(29-21)11-5-3-2-4-6-11/h2-8,10,12,27-28H,9H2,1H3/t12-/m0/s1. The highest BCUT2D eigenvalue weighted by atomic mass is 16.5. The quantitative estimate of drug-likeness (QED) is 0.300.